The van der Waals surface area contributed by atoms with E-state index in [-0.39, 0.29) is 35.5 Å². The summed E-state index contributed by atoms with van der Waals surface area (Å²) in [6.07, 6.45) is -4.73. The second kappa shape index (κ2) is 6.98. The normalized spacial score (nSPS) is 19.5. The molecule has 0 radical (unpaired) electrons. The zero-order chi connectivity index (χ0) is 20.9. The van der Waals surface area contributed by atoms with Crippen molar-refractivity contribution in [2.45, 2.75) is 18.5 Å². The third-order valence-electron chi connectivity index (χ3n) is 4.90. The summed E-state index contributed by atoms with van der Waals surface area (Å²) in [5.41, 5.74) is -0.141. The molecule has 1 amide bonds. The van der Waals surface area contributed by atoms with Gasteiger partial charge in [0, 0.05) is 22.5 Å². The van der Waals surface area contributed by atoms with Crippen molar-refractivity contribution in [3.63, 3.8) is 0 Å². The van der Waals surface area contributed by atoms with Crippen LogP contribution in [0, 0.1) is 5.82 Å². The Bertz CT molecular complexity index is 1050. The lowest BCUT2D eigenvalue weighted by Crippen LogP contribution is -2.37. The molecule has 2 aliphatic rings. The van der Waals surface area contributed by atoms with Crippen LogP contribution in [0.3, 0.4) is 0 Å². The van der Waals surface area contributed by atoms with Crippen molar-refractivity contribution in [2.24, 2.45) is 0 Å². The number of carbonyl (C=O) groups excluding carboxylic acids is 2. The fourth-order valence-electron chi connectivity index (χ4n) is 3.60. The number of cyclic esters (lactones) is 1. The van der Waals surface area contributed by atoms with Crippen LogP contribution in [0.25, 0.3) is 0 Å². The molecule has 150 valence electrons. The Morgan fingerprint density at radius 2 is 1.76 bits per heavy atom. The maximum Gasteiger partial charge on any atom is 0.416 e. The molecule has 0 saturated heterocycles. The van der Waals surface area contributed by atoms with Gasteiger partial charge < -0.3 is 4.74 Å². The number of esters is 1. The van der Waals surface area contributed by atoms with Crippen molar-refractivity contribution in [2.75, 3.05) is 11.5 Å². The lowest BCUT2D eigenvalue weighted by Gasteiger charge is -2.32. The van der Waals surface area contributed by atoms with Crippen molar-refractivity contribution in [3.8, 4) is 0 Å². The number of alkyl halides is 3. The van der Waals surface area contributed by atoms with E-state index < -0.39 is 35.4 Å². The highest BCUT2D eigenvalue weighted by Crippen LogP contribution is 2.43. The van der Waals surface area contributed by atoms with E-state index in [1.165, 1.54) is 23.1 Å². The van der Waals surface area contributed by atoms with Crippen LogP contribution in [-0.2, 0) is 20.5 Å². The Morgan fingerprint density at radius 3 is 2.41 bits per heavy atom. The molecule has 4 nitrogen and oxygen atoms in total. The summed E-state index contributed by atoms with van der Waals surface area (Å²) in [5, 5.41) is 0. The van der Waals surface area contributed by atoms with Crippen LogP contribution in [0.15, 0.2) is 58.2 Å². The van der Waals surface area contributed by atoms with Gasteiger partial charge in [-0.2, -0.15) is 13.2 Å². The smallest absolute Gasteiger partial charge is 0.416 e. The average Bonchev–Trinajstić information content (AvgIpc) is 3.04. The molecule has 29 heavy (non-hydrogen) atoms. The Balaban J connectivity index is 1.80. The first-order chi connectivity index (χ1) is 13.7. The quantitative estimate of drug-likeness (QED) is 0.462. The SMILES string of the molecule is O=C1OCC2=C1C(c1cc(Br)ccc1F)CC(=O)N2c1ccc(C(F)(F)F)cc1. The molecule has 0 fully saturated rings. The van der Waals surface area contributed by atoms with E-state index in [4.69, 9.17) is 4.74 Å². The van der Waals surface area contributed by atoms with Crippen LogP contribution in [0.1, 0.15) is 23.5 Å². The van der Waals surface area contributed by atoms with Gasteiger partial charge in [0.2, 0.25) is 5.91 Å². The largest absolute Gasteiger partial charge is 0.456 e. The number of benzene rings is 2. The minimum Gasteiger partial charge on any atom is -0.456 e. The number of anilines is 1. The minimum atomic E-state index is -4.51. The van der Waals surface area contributed by atoms with Crippen LogP contribution in [0.2, 0.25) is 0 Å². The van der Waals surface area contributed by atoms with Gasteiger partial charge in [-0.25, -0.2) is 9.18 Å². The van der Waals surface area contributed by atoms with Crippen LogP contribution >= 0.6 is 15.9 Å². The number of hydrogen-bond acceptors (Lipinski definition) is 3. The predicted octanol–water partition coefficient (Wildman–Crippen LogP) is 4.94. The molecule has 1 atom stereocenters. The molecule has 9 heteroatoms. The van der Waals surface area contributed by atoms with Crippen molar-refractivity contribution in [3.05, 3.63) is 75.2 Å². The molecule has 1 unspecified atom stereocenters. The monoisotopic (exact) mass is 469 g/mol. The first-order valence-electron chi connectivity index (χ1n) is 8.52. The summed E-state index contributed by atoms with van der Waals surface area (Å²) in [6.45, 7) is -0.215. The fraction of sp³-hybridized carbons (Fsp3) is 0.200. The zero-order valence-corrected chi connectivity index (χ0v) is 16.2. The van der Waals surface area contributed by atoms with E-state index in [1.54, 1.807) is 0 Å². The summed E-state index contributed by atoms with van der Waals surface area (Å²) in [7, 11) is 0. The van der Waals surface area contributed by atoms with Gasteiger partial charge in [0.05, 0.1) is 16.8 Å². The summed E-state index contributed by atoms with van der Waals surface area (Å²) in [5.74, 6) is -2.55. The summed E-state index contributed by atoms with van der Waals surface area (Å²) < 4.78 is 58.5. The van der Waals surface area contributed by atoms with E-state index >= 15 is 0 Å². The lowest BCUT2D eigenvalue weighted by molar-refractivity contribution is -0.138. The number of hydrogen-bond donors (Lipinski definition) is 0. The van der Waals surface area contributed by atoms with Gasteiger partial charge in [0.25, 0.3) is 0 Å². The summed E-state index contributed by atoms with van der Waals surface area (Å²) in [4.78, 5) is 26.4. The van der Waals surface area contributed by atoms with Gasteiger partial charge in [-0.1, -0.05) is 15.9 Å². The molecular formula is C20H12BrF4NO3. The maximum absolute atomic E-state index is 14.4. The van der Waals surface area contributed by atoms with E-state index in [2.05, 4.69) is 15.9 Å². The number of carbonyl (C=O) groups is 2. The highest BCUT2D eigenvalue weighted by atomic mass is 79.9. The number of halogens is 5. The highest BCUT2D eigenvalue weighted by molar-refractivity contribution is 9.10. The highest BCUT2D eigenvalue weighted by Gasteiger charge is 2.44. The number of amides is 1. The Morgan fingerprint density at radius 1 is 1.07 bits per heavy atom. The van der Waals surface area contributed by atoms with E-state index in [0.29, 0.717) is 4.47 Å². The Kier molecular flexibility index (Phi) is 4.72. The van der Waals surface area contributed by atoms with Gasteiger partial charge in [-0.05, 0) is 48.0 Å². The Labute approximate surface area is 170 Å². The lowest BCUT2D eigenvalue weighted by atomic mass is 9.84. The molecule has 0 aliphatic carbocycles. The van der Waals surface area contributed by atoms with Crippen LogP contribution in [-0.4, -0.2) is 18.5 Å². The molecule has 2 heterocycles. The van der Waals surface area contributed by atoms with E-state index in [0.717, 1.165) is 24.3 Å². The fourth-order valence-corrected chi connectivity index (χ4v) is 3.98. The maximum atomic E-state index is 14.4. The van der Waals surface area contributed by atoms with Crippen LogP contribution in [0.4, 0.5) is 23.2 Å². The topological polar surface area (TPSA) is 46.6 Å². The minimum absolute atomic E-state index is 0.140. The second-order valence-electron chi connectivity index (χ2n) is 6.63. The van der Waals surface area contributed by atoms with Crippen molar-refractivity contribution >= 4 is 33.5 Å². The molecule has 0 N–H and O–H groups in total. The molecule has 0 saturated carbocycles. The first kappa shape index (κ1) is 19.6. The van der Waals surface area contributed by atoms with Gasteiger partial charge in [0.1, 0.15) is 12.4 Å². The van der Waals surface area contributed by atoms with E-state index in [9.17, 15) is 27.2 Å². The summed E-state index contributed by atoms with van der Waals surface area (Å²) >= 11 is 3.25. The Hall–Kier alpha value is -2.68. The van der Waals surface area contributed by atoms with Crippen LogP contribution in [0.5, 0.6) is 0 Å². The van der Waals surface area contributed by atoms with Gasteiger partial charge in [-0.15, -0.1) is 0 Å². The molecule has 4 rings (SSSR count). The third kappa shape index (κ3) is 3.43. The first-order valence-corrected chi connectivity index (χ1v) is 9.31. The van der Waals surface area contributed by atoms with Crippen LogP contribution < -0.4 is 4.90 Å². The predicted molar refractivity (Wildman–Crippen MR) is 98.4 cm³/mol. The standard InChI is InChI=1S/C20H12BrF4NO3/c21-11-3-6-15(22)13(7-11)14-8-17(27)26(16-9-29-19(28)18(14)16)12-4-1-10(2-5-12)20(23,24)25/h1-7,14H,8-9H2. The van der Waals surface area contributed by atoms with E-state index in [1.807, 2.05) is 0 Å². The third-order valence-corrected chi connectivity index (χ3v) is 5.40. The van der Waals surface area contributed by atoms with Gasteiger partial charge in [0.15, 0.2) is 0 Å². The summed E-state index contributed by atoms with van der Waals surface area (Å²) in [6, 6.07) is 8.27. The molecule has 2 aromatic carbocycles. The van der Waals surface area contributed by atoms with Gasteiger partial charge >= 0.3 is 12.1 Å². The zero-order valence-electron chi connectivity index (χ0n) is 14.6. The second-order valence-corrected chi connectivity index (χ2v) is 7.55. The van der Waals surface area contributed by atoms with Crippen molar-refractivity contribution in [1.82, 2.24) is 0 Å². The van der Waals surface area contributed by atoms with Crippen molar-refractivity contribution < 1.29 is 31.9 Å². The number of nitrogens with zero attached hydrogens (tertiary/aromatic N) is 1. The van der Waals surface area contributed by atoms with Gasteiger partial charge in [-0.3, -0.25) is 9.69 Å². The van der Waals surface area contributed by atoms with Crippen molar-refractivity contribution in [1.29, 1.82) is 0 Å². The molecule has 0 bridgehead atoms. The average molecular weight is 470 g/mol. The molecule has 0 spiro atoms. The number of rotatable bonds is 2. The molecule has 2 aliphatic heterocycles. The molecule has 0 aromatic heterocycles. The molecular weight excluding hydrogens is 458 g/mol. The number of ether oxygens (including phenoxy) is 1. The molecule has 2 aromatic rings.